The lowest BCUT2D eigenvalue weighted by molar-refractivity contribution is -0.132. The maximum atomic E-state index is 12.2. The van der Waals surface area contributed by atoms with Crippen molar-refractivity contribution in [3.8, 4) is 0 Å². The van der Waals surface area contributed by atoms with Gasteiger partial charge in [0.1, 0.15) is 0 Å². The van der Waals surface area contributed by atoms with Gasteiger partial charge in [-0.3, -0.25) is 4.79 Å². The lowest BCUT2D eigenvalue weighted by Gasteiger charge is -2.31. The van der Waals surface area contributed by atoms with Crippen LogP contribution in [0.15, 0.2) is 24.3 Å². The van der Waals surface area contributed by atoms with Crippen LogP contribution < -0.4 is 5.32 Å². The summed E-state index contributed by atoms with van der Waals surface area (Å²) in [5.74, 6) is 0.305. The number of benzene rings is 1. The van der Waals surface area contributed by atoms with Gasteiger partial charge in [0.2, 0.25) is 5.91 Å². The monoisotopic (exact) mass is 274 g/mol. The first-order valence-electron chi connectivity index (χ1n) is 7.75. The molecule has 0 spiro atoms. The third kappa shape index (κ3) is 4.07. The number of nitrogens with zero attached hydrogens (tertiary/aromatic N) is 1. The van der Waals surface area contributed by atoms with Crippen molar-refractivity contribution in [2.75, 3.05) is 20.1 Å². The zero-order valence-corrected chi connectivity index (χ0v) is 12.7. The summed E-state index contributed by atoms with van der Waals surface area (Å²) in [6.07, 6.45) is 4.71. The molecule has 1 aliphatic rings. The van der Waals surface area contributed by atoms with Crippen molar-refractivity contribution in [3.63, 3.8) is 0 Å². The summed E-state index contributed by atoms with van der Waals surface area (Å²) in [6.45, 7) is 3.96. The second-order valence-electron chi connectivity index (χ2n) is 5.61. The molecule has 1 aliphatic heterocycles. The summed E-state index contributed by atoms with van der Waals surface area (Å²) in [6, 6.07) is 9.22. The fraction of sp³-hybridized carbons (Fsp3) is 0.588. The molecule has 3 heteroatoms. The standard InChI is InChI=1S/C17H26N2O/c1-3-14-4-6-15(7-5-14)8-9-17(20)19-12-10-16(18-2)11-13-19/h4-7,16,18H,3,8-13H2,1-2H3. The second kappa shape index (κ2) is 7.44. The summed E-state index contributed by atoms with van der Waals surface area (Å²) in [5.41, 5.74) is 2.62. The van der Waals surface area contributed by atoms with Crippen molar-refractivity contribution >= 4 is 5.91 Å². The number of hydrogen-bond donors (Lipinski definition) is 1. The van der Waals surface area contributed by atoms with E-state index in [1.54, 1.807) is 0 Å². The number of amides is 1. The molecule has 1 saturated heterocycles. The van der Waals surface area contributed by atoms with Crippen LogP contribution in [0.5, 0.6) is 0 Å². The van der Waals surface area contributed by atoms with Crippen LogP contribution in [-0.2, 0) is 17.6 Å². The van der Waals surface area contributed by atoms with Gasteiger partial charge in [-0.25, -0.2) is 0 Å². The van der Waals surface area contributed by atoms with Crippen LogP contribution in [0.4, 0.5) is 0 Å². The van der Waals surface area contributed by atoms with E-state index in [0.29, 0.717) is 18.4 Å². The quantitative estimate of drug-likeness (QED) is 0.894. The first-order valence-corrected chi connectivity index (χ1v) is 7.75. The maximum absolute atomic E-state index is 12.2. The minimum absolute atomic E-state index is 0.305. The van der Waals surface area contributed by atoms with Gasteiger partial charge >= 0.3 is 0 Å². The highest BCUT2D eigenvalue weighted by Crippen LogP contribution is 2.13. The topological polar surface area (TPSA) is 32.3 Å². The fourth-order valence-electron chi connectivity index (χ4n) is 2.77. The van der Waals surface area contributed by atoms with Crippen LogP contribution in [0.2, 0.25) is 0 Å². The molecule has 0 unspecified atom stereocenters. The molecule has 3 nitrogen and oxygen atoms in total. The number of likely N-dealkylation sites (tertiary alicyclic amines) is 1. The van der Waals surface area contributed by atoms with Crippen molar-refractivity contribution in [3.05, 3.63) is 35.4 Å². The Kier molecular flexibility index (Phi) is 5.60. The van der Waals surface area contributed by atoms with E-state index in [9.17, 15) is 4.79 Å². The number of piperidine rings is 1. The average molecular weight is 274 g/mol. The van der Waals surface area contributed by atoms with Gasteiger partial charge in [-0.05, 0) is 43.9 Å². The van der Waals surface area contributed by atoms with Gasteiger partial charge in [-0.2, -0.15) is 0 Å². The van der Waals surface area contributed by atoms with Crippen molar-refractivity contribution < 1.29 is 4.79 Å². The van der Waals surface area contributed by atoms with E-state index in [4.69, 9.17) is 0 Å². The van der Waals surface area contributed by atoms with Crippen LogP contribution >= 0.6 is 0 Å². The minimum Gasteiger partial charge on any atom is -0.343 e. The van der Waals surface area contributed by atoms with E-state index in [0.717, 1.165) is 38.8 Å². The molecule has 0 radical (unpaired) electrons. The molecule has 0 atom stereocenters. The molecule has 110 valence electrons. The van der Waals surface area contributed by atoms with Gasteiger partial charge in [0.05, 0.1) is 0 Å². The highest BCUT2D eigenvalue weighted by molar-refractivity contribution is 5.76. The van der Waals surface area contributed by atoms with E-state index in [2.05, 4.69) is 36.5 Å². The van der Waals surface area contributed by atoms with Crippen LogP contribution in [-0.4, -0.2) is 37.0 Å². The van der Waals surface area contributed by atoms with Gasteiger partial charge in [-0.1, -0.05) is 31.2 Å². The fourth-order valence-corrected chi connectivity index (χ4v) is 2.77. The highest BCUT2D eigenvalue weighted by atomic mass is 16.2. The lowest BCUT2D eigenvalue weighted by Crippen LogP contribution is -2.44. The van der Waals surface area contributed by atoms with Crippen LogP contribution in [0.25, 0.3) is 0 Å². The van der Waals surface area contributed by atoms with Crippen molar-refractivity contribution in [1.29, 1.82) is 0 Å². The molecule has 1 aromatic rings. The summed E-state index contributed by atoms with van der Waals surface area (Å²) < 4.78 is 0. The Hall–Kier alpha value is -1.35. The predicted molar refractivity (Wildman–Crippen MR) is 82.8 cm³/mol. The summed E-state index contributed by atoms with van der Waals surface area (Å²) in [5, 5.41) is 3.29. The molecule has 1 heterocycles. The van der Waals surface area contributed by atoms with Crippen molar-refractivity contribution in [2.24, 2.45) is 0 Å². The van der Waals surface area contributed by atoms with E-state index >= 15 is 0 Å². The number of nitrogens with one attached hydrogen (secondary N) is 1. The summed E-state index contributed by atoms with van der Waals surface area (Å²) in [4.78, 5) is 14.2. The molecule has 0 bridgehead atoms. The Morgan fingerprint density at radius 3 is 2.35 bits per heavy atom. The largest absolute Gasteiger partial charge is 0.343 e. The molecule has 2 rings (SSSR count). The predicted octanol–water partition coefficient (Wildman–Crippen LogP) is 2.39. The molecular formula is C17H26N2O. The normalized spacial score (nSPS) is 16.4. The smallest absolute Gasteiger partial charge is 0.222 e. The van der Waals surface area contributed by atoms with Crippen LogP contribution in [0, 0.1) is 0 Å². The van der Waals surface area contributed by atoms with Crippen molar-refractivity contribution in [1.82, 2.24) is 10.2 Å². The number of hydrogen-bond acceptors (Lipinski definition) is 2. The molecule has 1 N–H and O–H groups in total. The molecular weight excluding hydrogens is 248 g/mol. The first-order chi connectivity index (χ1) is 9.72. The Morgan fingerprint density at radius 1 is 1.20 bits per heavy atom. The Bertz CT molecular complexity index is 419. The number of rotatable bonds is 5. The third-order valence-electron chi connectivity index (χ3n) is 4.31. The van der Waals surface area contributed by atoms with Gasteiger partial charge in [0.25, 0.3) is 0 Å². The molecule has 1 fully saturated rings. The van der Waals surface area contributed by atoms with E-state index in [-0.39, 0.29) is 0 Å². The molecule has 0 aromatic heterocycles. The van der Waals surface area contributed by atoms with E-state index in [1.165, 1.54) is 11.1 Å². The maximum Gasteiger partial charge on any atom is 0.222 e. The lowest BCUT2D eigenvalue weighted by atomic mass is 10.0. The van der Waals surface area contributed by atoms with Gasteiger partial charge in [-0.15, -0.1) is 0 Å². The van der Waals surface area contributed by atoms with Gasteiger partial charge in [0, 0.05) is 25.6 Å². The Balaban J connectivity index is 1.77. The number of carbonyl (C=O) groups is 1. The minimum atomic E-state index is 0.305. The molecule has 0 aliphatic carbocycles. The summed E-state index contributed by atoms with van der Waals surface area (Å²) in [7, 11) is 2.00. The summed E-state index contributed by atoms with van der Waals surface area (Å²) >= 11 is 0. The molecule has 1 amide bonds. The second-order valence-corrected chi connectivity index (χ2v) is 5.61. The molecule has 20 heavy (non-hydrogen) atoms. The molecule has 1 aromatic carbocycles. The zero-order chi connectivity index (χ0) is 14.4. The Labute approximate surface area is 122 Å². The SMILES string of the molecule is CCc1ccc(CCC(=O)N2CCC(NC)CC2)cc1. The average Bonchev–Trinajstić information content (AvgIpc) is 2.53. The van der Waals surface area contributed by atoms with Crippen LogP contribution in [0.1, 0.15) is 37.3 Å². The third-order valence-corrected chi connectivity index (χ3v) is 4.31. The Morgan fingerprint density at radius 2 is 1.80 bits per heavy atom. The van der Waals surface area contributed by atoms with E-state index in [1.807, 2.05) is 11.9 Å². The zero-order valence-electron chi connectivity index (χ0n) is 12.7. The van der Waals surface area contributed by atoms with Crippen molar-refractivity contribution in [2.45, 2.75) is 45.1 Å². The molecule has 0 saturated carbocycles. The highest BCUT2D eigenvalue weighted by Gasteiger charge is 2.21. The van der Waals surface area contributed by atoms with Gasteiger partial charge in [0.15, 0.2) is 0 Å². The van der Waals surface area contributed by atoms with Gasteiger partial charge < -0.3 is 10.2 Å². The number of aryl methyl sites for hydroxylation is 2. The van der Waals surface area contributed by atoms with Crippen LogP contribution in [0.3, 0.4) is 0 Å². The number of carbonyl (C=O) groups excluding carboxylic acids is 1. The first kappa shape index (κ1) is 15.0. The van der Waals surface area contributed by atoms with E-state index < -0.39 is 0 Å².